The average Bonchev–Trinajstić information content (AvgIpc) is 3.12. The summed E-state index contributed by atoms with van der Waals surface area (Å²) in [6.45, 7) is 6.05. The van der Waals surface area contributed by atoms with Gasteiger partial charge in [-0.2, -0.15) is 4.98 Å². The topological polar surface area (TPSA) is 80.0 Å². The van der Waals surface area contributed by atoms with Crippen LogP contribution in [0.5, 0.6) is 0 Å². The van der Waals surface area contributed by atoms with Crippen molar-refractivity contribution in [1.29, 1.82) is 0 Å². The number of urea groups is 1. The van der Waals surface area contributed by atoms with Gasteiger partial charge in [-0.1, -0.05) is 41.9 Å². The van der Waals surface area contributed by atoms with Crippen molar-refractivity contribution in [2.75, 3.05) is 5.32 Å². The quantitative estimate of drug-likeness (QED) is 0.672. The summed E-state index contributed by atoms with van der Waals surface area (Å²) in [6.07, 6.45) is 1.48. The van der Waals surface area contributed by atoms with E-state index in [1.807, 2.05) is 38.1 Å². The van der Waals surface area contributed by atoms with Gasteiger partial charge in [-0.15, -0.1) is 0 Å². The zero-order valence-electron chi connectivity index (χ0n) is 15.8. The van der Waals surface area contributed by atoms with E-state index in [2.05, 4.69) is 52.0 Å². The van der Waals surface area contributed by atoms with Crippen molar-refractivity contribution in [3.05, 3.63) is 65.5 Å². The van der Waals surface area contributed by atoms with Crippen LogP contribution in [0.25, 0.3) is 11.4 Å². The van der Waals surface area contributed by atoms with Crippen LogP contribution in [-0.4, -0.2) is 22.2 Å². The van der Waals surface area contributed by atoms with Crippen molar-refractivity contribution in [2.45, 2.75) is 39.7 Å². The first-order valence-corrected chi connectivity index (χ1v) is 9.09. The predicted molar refractivity (Wildman–Crippen MR) is 106 cm³/mol. The van der Waals surface area contributed by atoms with Crippen molar-refractivity contribution in [3.63, 3.8) is 0 Å². The fraction of sp³-hybridized carbons (Fsp3) is 0.286. The highest BCUT2D eigenvalue weighted by Crippen LogP contribution is 2.20. The lowest BCUT2D eigenvalue weighted by atomic mass is 10.1. The highest BCUT2D eigenvalue weighted by Gasteiger charge is 2.10. The Bertz CT molecular complexity index is 885. The number of benzene rings is 2. The molecular formula is C21H24N4O2. The van der Waals surface area contributed by atoms with Crippen molar-refractivity contribution < 1.29 is 9.32 Å². The third-order valence-corrected chi connectivity index (χ3v) is 4.33. The lowest BCUT2D eigenvalue weighted by molar-refractivity contribution is 0.249. The molecule has 1 unspecified atom stereocenters. The van der Waals surface area contributed by atoms with Gasteiger partial charge in [-0.05, 0) is 50.1 Å². The standard InChI is InChI=1S/C21H24N4O2/c1-4-15(3)22-21(26)23-18-11-9-17(10-12-18)20-24-19(27-25-20)13-16-7-5-14(2)6-8-16/h5-12,15H,4,13H2,1-3H3,(H2,22,23,26). The lowest BCUT2D eigenvalue weighted by Crippen LogP contribution is -2.35. The number of hydrogen-bond acceptors (Lipinski definition) is 4. The van der Waals surface area contributed by atoms with Crippen molar-refractivity contribution in [1.82, 2.24) is 15.5 Å². The first-order chi connectivity index (χ1) is 13.0. The Kier molecular flexibility index (Phi) is 5.86. The normalized spacial score (nSPS) is 11.8. The molecule has 140 valence electrons. The number of carbonyl (C=O) groups excluding carboxylic acids is 1. The van der Waals surface area contributed by atoms with Gasteiger partial charge in [0.2, 0.25) is 11.7 Å². The van der Waals surface area contributed by atoms with Gasteiger partial charge >= 0.3 is 6.03 Å². The molecule has 0 spiro atoms. The Balaban J connectivity index is 1.63. The summed E-state index contributed by atoms with van der Waals surface area (Å²) < 4.78 is 5.36. The Hall–Kier alpha value is -3.15. The number of nitrogens with zero attached hydrogens (tertiary/aromatic N) is 2. The van der Waals surface area contributed by atoms with Crippen LogP contribution >= 0.6 is 0 Å². The van der Waals surface area contributed by atoms with Crippen LogP contribution in [0.3, 0.4) is 0 Å². The molecule has 0 radical (unpaired) electrons. The van der Waals surface area contributed by atoms with Gasteiger partial charge in [0.15, 0.2) is 0 Å². The van der Waals surface area contributed by atoms with Gasteiger partial charge in [-0.3, -0.25) is 0 Å². The molecule has 0 aliphatic heterocycles. The van der Waals surface area contributed by atoms with Crippen molar-refractivity contribution in [2.24, 2.45) is 0 Å². The molecule has 0 saturated carbocycles. The van der Waals surface area contributed by atoms with Gasteiger partial charge in [-0.25, -0.2) is 4.79 Å². The van der Waals surface area contributed by atoms with Crippen LogP contribution in [0, 0.1) is 6.92 Å². The molecule has 0 aliphatic rings. The third-order valence-electron chi connectivity index (χ3n) is 4.33. The molecule has 1 heterocycles. The summed E-state index contributed by atoms with van der Waals surface area (Å²) in [4.78, 5) is 16.3. The second-order valence-electron chi connectivity index (χ2n) is 6.66. The first kappa shape index (κ1) is 18.6. The molecule has 0 bridgehead atoms. The molecule has 3 aromatic rings. The molecule has 2 amide bonds. The maximum absolute atomic E-state index is 11.9. The minimum atomic E-state index is -0.211. The van der Waals surface area contributed by atoms with E-state index in [1.54, 1.807) is 0 Å². The van der Waals surface area contributed by atoms with Gasteiger partial charge in [0.25, 0.3) is 0 Å². The van der Waals surface area contributed by atoms with Gasteiger partial charge in [0, 0.05) is 17.3 Å². The zero-order valence-corrected chi connectivity index (χ0v) is 15.8. The molecule has 1 atom stereocenters. The Morgan fingerprint density at radius 2 is 1.81 bits per heavy atom. The minimum Gasteiger partial charge on any atom is -0.339 e. The maximum atomic E-state index is 11.9. The molecule has 6 nitrogen and oxygen atoms in total. The van der Waals surface area contributed by atoms with Crippen LogP contribution in [-0.2, 0) is 6.42 Å². The van der Waals surface area contributed by atoms with Gasteiger partial charge < -0.3 is 15.2 Å². The highest BCUT2D eigenvalue weighted by atomic mass is 16.5. The predicted octanol–water partition coefficient (Wildman–Crippen LogP) is 4.56. The highest BCUT2D eigenvalue weighted by molar-refractivity contribution is 5.89. The second kappa shape index (κ2) is 8.49. The minimum absolute atomic E-state index is 0.135. The number of aromatic nitrogens is 2. The second-order valence-corrected chi connectivity index (χ2v) is 6.66. The van der Waals surface area contributed by atoms with Crippen LogP contribution < -0.4 is 10.6 Å². The number of hydrogen-bond donors (Lipinski definition) is 2. The molecule has 2 aromatic carbocycles. The number of rotatable bonds is 6. The third kappa shape index (κ3) is 5.17. The maximum Gasteiger partial charge on any atom is 0.319 e. The molecule has 1 aromatic heterocycles. The molecule has 2 N–H and O–H groups in total. The number of amides is 2. The fourth-order valence-corrected chi connectivity index (χ4v) is 2.52. The monoisotopic (exact) mass is 364 g/mol. The number of aryl methyl sites for hydroxylation is 1. The molecule has 0 fully saturated rings. The molecule has 27 heavy (non-hydrogen) atoms. The smallest absolute Gasteiger partial charge is 0.319 e. The average molecular weight is 364 g/mol. The van der Waals surface area contributed by atoms with Crippen LogP contribution in [0.2, 0.25) is 0 Å². The summed E-state index contributed by atoms with van der Waals surface area (Å²) >= 11 is 0. The fourth-order valence-electron chi connectivity index (χ4n) is 2.52. The lowest BCUT2D eigenvalue weighted by Gasteiger charge is -2.12. The van der Waals surface area contributed by atoms with E-state index in [9.17, 15) is 4.79 Å². The summed E-state index contributed by atoms with van der Waals surface area (Å²) in [7, 11) is 0. The summed E-state index contributed by atoms with van der Waals surface area (Å²) in [5.74, 6) is 1.11. The molecule has 0 aliphatic carbocycles. The van der Waals surface area contributed by atoms with E-state index in [-0.39, 0.29) is 12.1 Å². The van der Waals surface area contributed by atoms with E-state index in [4.69, 9.17) is 4.52 Å². The summed E-state index contributed by atoms with van der Waals surface area (Å²) in [5.41, 5.74) is 3.89. The number of anilines is 1. The van der Waals surface area contributed by atoms with E-state index >= 15 is 0 Å². The van der Waals surface area contributed by atoms with E-state index in [0.29, 0.717) is 23.8 Å². The number of nitrogens with one attached hydrogen (secondary N) is 2. The van der Waals surface area contributed by atoms with Crippen LogP contribution in [0.15, 0.2) is 53.1 Å². The van der Waals surface area contributed by atoms with E-state index in [0.717, 1.165) is 17.5 Å². The molecular weight excluding hydrogens is 340 g/mol. The summed E-state index contributed by atoms with van der Waals surface area (Å²) in [5, 5.41) is 9.73. The Morgan fingerprint density at radius 3 is 2.48 bits per heavy atom. The van der Waals surface area contributed by atoms with Crippen molar-refractivity contribution >= 4 is 11.7 Å². The van der Waals surface area contributed by atoms with Crippen LogP contribution in [0.1, 0.15) is 37.3 Å². The summed E-state index contributed by atoms with van der Waals surface area (Å²) in [6, 6.07) is 15.5. The Morgan fingerprint density at radius 1 is 1.11 bits per heavy atom. The molecule has 6 heteroatoms. The van der Waals surface area contributed by atoms with Crippen LogP contribution in [0.4, 0.5) is 10.5 Å². The molecule has 0 saturated heterocycles. The SMILES string of the molecule is CCC(C)NC(=O)Nc1ccc(-c2noc(Cc3ccc(C)cc3)n2)cc1. The van der Waals surface area contributed by atoms with E-state index in [1.165, 1.54) is 5.56 Å². The number of carbonyl (C=O) groups is 1. The first-order valence-electron chi connectivity index (χ1n) is 9.09. The van der Waals surface area contributed by atoms with Gasteiger partial charge in [0.05, 0.1) is 6.42 Å². The molecule has 3 rings (SSSR count). The largest absolute Gasteiger partial charge is 0.339 e. The van der Waals surface area contributed by atoms with Gasteiger partial charge in [0.1, 0.15) is 0 Å². The van der Waals surface area contributed by atoms with E-state index < -0.39 is 0 Å². The van der Waals surface area contributed by atoms with Crippen molar-refractivity contribution in [3.8, 4) is 11.4 Å². The zero-order chi connectivity index (χ0) is 19.2. The Labute approximate surface area is 159 Å².